The lowest BCUT2D eigenvalue weighted by molar-refractivity contribution is -0.137. The molecule has 1 amide bonds. The maximum atomic E-state index is 12.4. The maximum absolute atomic E-state index is 12.4. The van der Waals surface area contributed by atoms with E-state index in [1.165, 1.54) is 0 Å². The molecule has 0 aromatic heterocycles. The van der Waals surface area contributed by atoms with Crippen LogP contribution in [0.5, 0.6) is 0 Å². The third-order valence-corrected chi connectivity index (χ3v) is 4.66. The molecule has 2 heterocycles. The van der Waals surface area contributed by atoms with E-state index in [0.717, 1.165) is 5.56 Å². The molecule has 0 N–H and O–H groups in total. The van der Waals surface area contributed by atoms with Crippen LogP contribution in [0.15, 0.2) is 30.3 Å². The van der Waals surface area contributed by atoms with E-state index < -0.39 is 0 Å². The Morgan fingerprint density at radius 1 is 1.37 bits per heavy atom. The molecule has 2 saturated heterocycles. The minimum absolute atomic E-state index is 0.0831. The van der Waals surface area contributed by atoms with Crippen molar-refractivity contribution in [3.05, 3.63) is 35.9 Å². The zero-order valence-corrected chi connectivity index (χ0v) is 10.4. The van der Waals surface area contributed by atoms with E-state index >= 15 is 0 Å². The molecule has 1 aliphatic carbocycles. The highest BCUT2D eigenvalue weighted by Gasteiger charge is 2.69. The SMILES string of the molecule is N#CC[C@@H]1[C@H]2C(=O)N3[C@@H](c4ccccc4)OC[C@@H]3[C@@H]12. The van der Waals surface area contributed by atoms with Crippen molar-refractivity contribution in [2.75, 3.05) is 6.61 Å². The zero-order chi connectivity index (χ0) is 13.0. The molecule has 0 bridgehead atoms. The second kappa shape index (κ2) is 3.82. The van der Waals surface area contributed by atoms with Crippen LogP contribution in [0, 0.1) is 29.1 Å². The fourth-order valence-electron chi connectivity index (χ4n) is 3.79. The Labute approximate surface area is 111 Å². The van der Waals surface area contributed by atoms with E-state index in [4.69, 9.17) is 10.00 Å². The van der Waals surface area contributed by atoms with Gasteiger partial charge in [-0.1, -0.05) is 30.3 Å². The molecule has 0 spiro atoms. The van der Waals surface area contributed by atoms with Crippen LogP contribution in [0.3, 0.4) is 0 Å². The van der Waals surface area contributed by atoms with Crippen LogP contribution in [0.1, 0.15) is 18.2 Å². The molecule has 19 heavy (non-hydrogen) atoms. The van der Waals surface area contributed by atoms with Crippen LogP contribution in [-0.4, -0.2) is 23.5 Å². The Hall–Kier alpha value is -1.86. The zero-order valence-electron chi connectivity index (χ0n) is 10.4. The maximum Gasteiger partial charge on any atom is 0.229 e. The number of nitriles is 1. The van der Waals surface area contributed by atoms with Gasteiger partial charge in [0.15, 0.2) is 6.23 Å². The monoisotopic (exact) mass is 254 g/mol. The predicted octanol–water partition coefficient (Wildman–Crippen LogP) is 1.70. The summed E-state index contributed by atoms with van der Waals surface area (Å²) < 4.78 is 5.82. The first kappa shape index (κ1) is 11.0. The molecule has 96 valence electrons. The quantitative estimate of drug-likeness (QED) is 0.807. The van der Waals surface area contributed by atoms with Gasteiger partial charge >= 0.3 is 0 Å². The predicted molar refractivity (Wildman–Crippen MR) is 66.5 cm³/mol. The summed E-state index contributed by atoms with van der Waals surface area (Å²) in [5.41, 5.74) is 1.04. The standard InChI is InChI=1S/C15H14N2O2/c16-7-6-10-12-11-8-19-15(9-4-2-1-3-5-9)17(11)14(18)13(10)12/h1-5,10-13,15H,6,8H2/t10-,11+,12+,13+,15+/m0/s1. The number of hydrogen-bond donors (Lipinski definition) is 0. The molecule has 4 rings (SSSR count). The van der Waals surface area contributed by atoms with Gasteiger partial charge in [-0.05, 0) is 11.8 Å². The summed E-state index contributed by atoms with van der Waals surface area (Å²) in [6.45, 7) is 0.606. The molecule has 5 atom stereocenters. The lowest BCUT2D eigenvalue weighted by Crippen LogP contribution is -2.36. The third kappa shape index (κ3) is 1.39. The fraction of sp³-hybridized carbons (Fsp3) is 0.467. The van der Waals surface area contributed by atoms with Gasteiger partial charge in [-0.15, -0.1) is 0 Å². The van der Waals surface area contributed by atoms with Crippen molar-refractivity contribution in [3.8, 4) is 6.07 Å². The number of carbonyl (C=O) groups excluding carboxylic acids is 1. The van der Waals surface area contributed by atoms with E-state index in [9.17, 15) is 4.79 Å². The Morgan fingerprint density at radius 3 is 2.89 bits per heavy atom. The molecule has 3 fully saturated rings. The van der Waals surface area contributed by atoms with Crippen molar-refractivity contribution >= 4 is 5.91 Å². The second-order valence-corrected chi connectivity index (χ2v) is 5.54. The number of amides is 1. The molecule has 1 aromatic carbocycles. The molecular weight excluding hydrogens is 240 g/mol. The van der Waals surface area contributed by atoms with Gasteiger partial charge in [-0.3, -0.25) is 4.79 Å². The van der Waals surface area contributed by atoms with Crippen LogP contribution in [-0.2, 0) is 9.53 Å². The van der Waals surface area contributed by atoms with Gasteiger partial charge in [0.2, 0.25) is 5.91 Å². The number of hydrogen-bond acceptors (Lipinski definition) is 3. The van der Waals surface area contributed by atoms with Gasteiger partial charge in [0.05, 0.1) is 18.7 Å². The highest BCUT2D eigenvalue weighted by atomic mass is 16.5. The number of benzene rings is 1. The first-order valence-corrected chi connectivity index (χ1v) is 6.68. The van der Waals surface area contributed by atoms with Crippen LogP contribution < -0.4 is 0 Å². The van der Waals surface area contributed by atoms with Crippen molar-refractivity contribution in [3.63, 3.8) is 0 Å². The lowest BCUT2D eigenvalue weighted by Gasteiger charge is -2.25. The van der Waals surface area contributed by atoms with E-state index in [1.807, 2.05) is 35.2 Å². The molecule has 1 saturated carbocycles. The summed E-state index contributed by atoms with van der Waals surface area (Å²) in [5, 5.41) is 8.78. The van der Waals surface area contributed by atoms with Crippen LogP contribution in [0.25, 0.3) is 0 Å². The van der Waals surface area contributed by atoms with E-state index in [-0.39, 0.29) is 30.0 Å². The Kier molecular flexibility index (Phi) is 2.21. The van der Waals surface area contributed by atoms with Gasteiger partial charge < -0.3 is 9.64 Å². The van der Waals surface area contributed by atoms with E-state index in [2.05, 4.69) is 6.07 Å². The first-order valence-electron chi connectivity index (χ1n) is 6.68. The van der Waals surface area contributed by atoms with Gasteiger partial charge in [0.25, 0.3) is 0 Å². The average molecular weight is 254 g/mol. The number of carbonyl (C=O) groups is 1. The summed E-state index contributed by atoms with van der Waals surface area (Å²) in [4.78, 5) is 14.3. The second-order valence-electron chi connectivity index (χ2n) is 5.54. The summed E-state index contributed by atoms with van der Waals surface area (Å²) >= 11 is 0. The molecule has 2 aliphatic heterocycles. The summed E-state index contributed by atoms with van der Waals surface area (Å²) in [5.74, 6) is 0.888. The summed E-state index contributed by atoms with van der Waals surface area (Å²) in [6, 6.07) is 12.3. The largest absolute Gasteiger partial charge is 0.352 e. The van der Waals surface area contributed by atoms with Crippen molar-refractivity contribution in [1.29, 1.82) is 5.26 Å². The Balaban J connectivity index is 1.60. The van der Waals surface area contributed by atoms with Crippen LogP contribution in [0.4, 0.5) is 0 Å². The van der Waals surface area contributed by atoms with Crippen LogP contribution >= 0.6 is 0 Å². The topological polar surface area (TPSA) is 53.3 Å². The van der Waals surface area contributed by atoms with Gasteiger partial charge in [0, 0.05) is 17.9 Å². The highest BCUT2D eigenvalue weighted by Crippen LogP contribution is 2.61. The summed E-state index contributed by atoms with van der Waals surface area (Å²) in [6.07, 6.45) is 0.274. The number of nitrogens with zero attached hydrogens (tertiary/aromatic N) is 2. The average Bonchev–Trinajstić information content (AvgIpc) is 2.84. The summed E-state index contributed by atoms with van der Waals surface area (Å²) in [7, 11) is 0. The van der Waals surface area contributed by atoms with Crippen molar-refractivity contribution in [2.24, 2.45) is 17.8 Å². The molecular formula is C15H14N2O2. The van der Waals surface area contributed by atoms with Crippen molar-refractivity contribution < 1.29 is 9.53 Å². The number of ether oxygens (including phenoxy) is 1. The molecule has 0 radical (unpaired) electrons. The highest BCUT2D eigenvalue weighted by molar-refractivity contribution is 5.86. The smallest absolute Gasteiger partial charge is 0.229 e. The molecule has 3 aliphatic rings. The minimum atomic E-state index is -0.228. The normalized spacial score (nSPS) is 38.8. The Bertz CT molecular complexity index is 565. The fourth-order valence-corrected chi connectivity index (χ4v) is 3.79. The third-order valence-electron chi connectivity index (χ3n) is 4.66. The number of piperidine rings is 1. The van der Waals surface area contributed by atoms with Gasteiger partial charge in [-0.2, -0.15) is 5.26 Å². The lowest BCUT2D eigenvalue weighted by atomic mass is 10.1. The van der Waals surface area contributed by atoms with E-state index in [1.54, 1.807) is 0 Å². The minimum Gasteiger partial charge on any atom is -0.352 e. The van der Waals surface area contributed by atoms with Gasteiger partial charge in [-0.25, -0.2) is 0 Å². The van der Waals surface area contributed by atoms with Crippen LogP contribution in [0.2, 0.25) is 0 Å². The molecule has 4 nitrogen and oxygen atoms in total. The van der Waals surface area contributed by atoms with Crippen molar-refractivity contribution in [1.82, 2.24) is 4.90 Å². The first-order chi connectivity index (χ1) is 9.33. The molecule has 4 heteroatoms. The number of fused-ring (bicyclic) bond motifs is 3. The van der Waals surface area contributed by atoms with Gasteiger partial charge in [0.1, 0.15) is 0 Å². The number of rotatable bonds is 2. The molecule has 1 aromatic rings. The van der Waals surface area contributed by atoms with Crippen molar-refractivity contribution in [2.45, 2.75) is 18.7 Å². The Morgan fingerprint density at radius 2 is 2.16 bits per heavy atom. The van der Waals surface area contributed by atoms with E-state index in [0.29, 0.717) is 18.9 Å². The molecule has 0 unspecified atom stereocenters.